The molecule has 0 spiro atoms. The van der Waals surface area contributed by atoms with Crippen molar-refractivity contribution in [1.82, 2.24) is 10.6 Å². The molecule has 0 saturated carbocycles. The van der Waals surface area contributed by atoms with E-state index in [4.69, 9.17) is 0 Å². The molecule has 2 atom stereocenters. The lowest BCUT2D eigenvalue weighted by Crippen LogP contribution is -2.56. The Labute approximate surface area is 99.1 Å². The van der Waals surface area contributed by atoms with E-state index in [2.05, 4.69) is 10.6 Å². The number of hydrogen-bond acceptors (Lipinski definition) is 2. The third-order valence-corrected chi connectivity index (χ3v) is 2.90. The molecule has 100 valence electrons. The van der Waals surface area contributed by atoms with Gasteiger partial charge in [0.15, 0.2) is 0 Å². The molecule has 0 aromatic carbocycles. The summed E-state index contributed by atoms with van der Waals surface area (Å²) in [5, 5.41) is 5.37. The second-order valence-electron chi connectivity index (χ2n) is 5.47. The van der Waals surface area contributed by atoms with Gasteiger partial charge < -0.3 is 10.6 Å². The standard InChI is InChI=1S/C11H19F3N2O/c1-10(2,3)9(17)16-8-6-15-5-4-7(8)11(12,13)14/h7-8,15H,4-6H2,1-3H3,(H,16,17). The molecule has 0 aromatic rings. The molecule has 0 radical (unpaired) electrons. The molecule has 1 aliphatic rings. The van der Waals surface area contributed by atoms with Crippen molar-refractivity contribution >= 4 is 5.91 Å². The van der Waals surface area contributed by atoms with Gasteiger partial charge in [0.05, 0.1) is 12.0 Å². The zero-order valence-corrected chi connectivity index (χ0v) is 10.3. The van der Waals surface area contributed by atoms with Gasteiger partial charge in [0, 0.05) is 12.0 Å². The van der Waals surface area contributed by atoms with Crippen LogP contribution >= 0.6 is 0 Å². The van der Waals surface area contributed by atoms with E-state index in [-0.39, 0.29) is 18.9 Å². The molecule has 3 nitrogen and oxygen atoms in total. The molecule has 1 aliphatic heterocycles. The van der Waals surface area contributed by atoms with Gasteiger partial charge in [0.2, 0.25) is 5.91 Å². The van der Waals surface area contributed by atoms with Crippen LogP contribution < -0.4 is 10.6 Å². The van der Waals surface area contributed by atoms with Crippen LogP contribution in [0.2, 0.25) is 0 Å². The first kappa shape index (κ1) is 14.3. The largest absolute Gasteiger partial charge is 0.393 e. The Hall–Kier alpha value is -0.780. The summed E-state index contributed by atoms with van der Waals surface area (Å²) in [6.07, 6.45) is -4.24. The molecular weight excluding hydrogens is 233 g/mol. The van der Waals surface area contributed by atoms with Gasteiger partial charge in [-0.05, 0) is 13.0 Å². The van der Waals surface area contributed by atoms with E-state index in [1.165, 1.54) is 0 Å². The third kappa shape index (κ3) is 3.87. The molecule has 1 amide bonds. The minimum atomic E-state index is -4.25. The number of halogens is 3. The number of piperidine rings is 1. The Morgan fingerprint density at radius 2 is 1.88 bits per heavy atom. The number of carbonyl (C=O) groups is 1. The van der Waals surface area contributed by atoms with Gasteiger partial charge in [-0.15, -0.1) is 0 Å². The summed E-state index contributed by atoms with van der Waals surface area (Å²) < 4.78 is 38.3. The van der Waals surface area contributed by atoms with E-state index >= 15 is 0 Å². The predicted molar refractivity (Wildman–Crippen MR) is 58.4 cm³/mol. The maximum Gasteiger partial charge on any atom is 0.393 e. The monoisotopic (exact) mass is 252 g/mol. The van der Waals surface area contributed by atoms with Crippen LogP contribution in [0.25, 0.3) is 0 Å². The highest BCUT2D eigenvalue weighted by Crippen LogP contribution is 2.33. The van der Waals surface area contributed by atoms with Gasteiger partial charge in [-0.1, -0.05) is 20.8 Å². The van der Waals surface area contributed by atoms with Crippen LogP contribution in [0.15, 0.2) is 0 Å². The highest BCUT2D eigenvalue weighted by Gasteiger charge is 2.46. The minimum absolute atomic E-state index is 0.0125. The highest BCUT2D eigenvalue weighted by molar-refractivity contribution is 5.81. The van der Waals surface area contributed by atoms with Crippen LogP contribution in [0.5, 0.6) is 0 Å². The van der Waals surface area contributed by atoms with Crippen LogP contribution in [0, 0.1) is 11.3 Å². The van der Waals surface area contributed by atoms with Gasteiger partial charge in [-0.3, -0.25) is 4.79 Å². The van der Waals surface area contributed by atoms with Crippen LogP contribution in [-0.4, -0.2) is 31.2 Å². The SMILES string of the molecule is CC(C)(C)C(=O)NC1CNCCC1C(F)(F)F. The average Bonchev–Trinajstić information content (AvgIpc) is 2.15. The second kappa shape index (κ2) is 4.84. The summed E-state index contributed by atoms with van der Waals surface area (Å²) in [7, 11) is 0. The molecular formula is C11H19F3N2O. The number of carbonyl (C=O) groups excluding carboxylic acids is 1. The minimum Gasteiger partial charge on any atom is -0.351 e. The van der Waals surface area contributed by atoms with Gasteiger partial charge in [0.1, 0.15) is 0 Å². The van der Waals surface area contributed by atoms with E-state index in [0.29, 0.717) is 6.54 Å². The lowest BCUT2D eigenvalue weighted by Gasteiger charge is -2.35. The normalized spacial score (nSPS) is 26.7. The molecule has 1 heterocycles. The van der Waals surface area contributed by atoms with E-state index in [1.807, 2.05) is 0 Å². The zero-order chi connectivity index (χ0) is 13.3. The quantitative estimate of drug-likeness (QED) is 0.745. The fourth-order valence-electron chi connectivity index (χ4n) is 1.79. The smallest absolute Gasteiger partial charge is 0.351 e. The van der Waals surface area contributed by atoms with E-state index in [0.717, 1.165) is 0 Å². The Kier molecular flexibility index (Phi) is 4.06. The molecule has 17 heavy (non-hydrogen) atoms. The molecule has 0 aliphatic carbocycles. The van der Waals surface area contributed by atoms with Crippen molar-refractivity contribution in [2.75, 3.05) is 13.1 Å². The van der Waals surface area contributed by atoms with Crippen molar-refractivity contribution in [1.29, 1.82) is 0 Å². The van der Waals surface area contributed by atoms with E-state index in [9.17, 15) is 18.0 Å². The Bertz CT molecular complexity index is 283. The molecule has 2 unspecified atom stereocenters. The summed E-state index contributed by atoms with van der Waals surface area (Å²) >= 11 is 0. The van der Waals surface area contributed by atoms with E-state index in [1.54, 1.807) is 20.8 Å². The number of nitrogens with one attached hydrogen (secondary N) is 2. The van der Waals surface area contributed by atoms with Crippen molar-refractivity contribution in [2.45, 2.75) is 39.4 Å². The number of alkyl halides is 3. The van der Waals surface area contributed by atoms with Crippen LogP contribution in [0.3, 0.4) is 0 Å². The maximum atomic E-state index is 12.8. The molecule has 0 aromatic heterocycles. The third-order valence-electron chi connectivity index (χ3n) is 2.90. The Morgan fingerprint density at radius 1 is 1.29 bits per heavy atom. The topological polar surface area (TPSA) is 41.1 Å². The first-order chi connectivity index (χ1) is 7.62. The number of hydrogen-bond donors (Lipinski definition) is 2. The van der Waals surface area contributed by atoms with Crippen molar-refractivity contribution in [2.24, 2.45) is 11.3 Å². The number of rotatable bonds is 1. The summed E-state index contributed by atoms with van der Waals surface area (Å²) in [5.74, 6) is -1.80. The van der Waals surface area contributed by atoms with Gasteiger partial charge >= 0.3 is 6.18 Å². The lowest BCUT2D eigenvalue weighted by atomic mass is 9.89. The van der Waals surface area contributed by atoms with Gasteiger partial charge in [-0.25, -0.2) is 0 Å². The van der Waals surface area contributed by atoms with Crippen LogP contribution in [-0.2, 0) is 4.79 Å². The predicted octanol–water partition coefficient (Wildman–Crippen LogP) is 1.69. The summed E-state index contributed by atoms with van der Waals surface area (Å²) in [5.41, 5.74) is -0.673. The van der Waals surface area contributed by atoms with Crippen molar-refractivity contribution in [3.8, 4) is 0 Å². The first-order valence-corrected chi connectivity index (χ1v) is 5.71. The molecule has 2 N–H and O–H groups in total. The maximum absolute atomic E-state index is 12.8. The van der Waals surface area contributed by atoms with E-state index < -0.39 is 23.6 Å². The number of amides is 1. The van der Waals surface area contributed by atoms with Crippen molar-refractivity contribution < 1.29 is 18.0 Å². The average molecular weight is 252 g/mol. The van der Waals surface area contributed by atoms with Crippen molar-refractivity contribution in [3.05, 3.63) is 0 Å². The Morgan fingerprint density at radius 3 is 2.35 bits per heavy atom. The molecule has 0 bridgehead atoms. The molecule has 1 saturated heterocycles. The highest BCUT2D eigenvalue weighted by atomic mass is 19.4. The van der Waals surface area contributed by atoms with Gasteiger partial charge in [0.25, 0.3) is 0 Å². The lowest BCUT2D eigenvalue weighted by molar-refractivity contribution is -0.187. The summed E-state index contributed by atoms with van der Waals surface area (Å²) in [6, 6.07) is -0.865. The fourth-order valence-corrected chi connectivity index (χ4v) is 1.79. The van der Waals surface area contributed by atoms with Crippen LogP contribution in [0.1, 0.15) is 27.2 Å². The van der Waals surface area contributed by atoms with Crippen molar-refractivity contribution in [3.63, 3.8) is 0 Å². The van der Waals surface area contributed by atoms with Crippen LogP contribution in [0.4, 0.5) is 13.2 Å². The van der Waals surface area contributed by atoms with Gasteiger partial charge in [-0.2, -0.15) is 13.2 Å². The zero-order valence-electron chi connectivity index (χ0n) is 10.3. The second-order valence-corrected chi connectivity index (χ2v) is 5.47. The first-order valence-electron chi connectivity index (χ1n) is 5.71. The fraction of sp³-hybridized carbons (Fsp3) is 0.909. The molecule has 1 rings (SSSR count). The molecule has 1 fully saturated rings. The molecule has 6 heteroatoms. The summed E-state index contributed by atoms with van der Waals surface area (Å²) in [6.45, 7) is 5.56. The summed E-state index contributed by atoms with van der Waals surface area (Å²) in [4.78, 5) is 11.7. The Balaban J connectivity index is 2.70.